The zero-order chi connectivity index (χ0) is 15.0. The van der Waals surface area contributed by atoms with Gasteiger partial charge in [0.1, 0.15) is 11.9 Å². The van der Waals surface area contributed by atoms with Gasteiger partial charge in [-0.2, -0.15) is 0 Å². The third kappa shape index (κ3) is 3.12. The number of rotatable bonds is 3. The van der Waals surface area contributed by atoms with Crippen molar-refractivity contribution < 1.29 is 9.53 Å². The van der Waals surface area contributed by atoms with E-state index in [1.165, 1.54) is 0 Å². The molecule has 112 valence electrons. The van der Waals surface area contributed by atoms with Crippen molar-refractivity contribution in [2.75, 3.05) is 6.54 Å². The minimum absolute atomic E-state index is 0.00958. The summed E-state index contributed by atoms with van der Waals surface area (Å²) in [6.07, 6.45) is 5.30. The number of hydrogen-bond donors (Lipinski definition) is 1. The SMILES string of the molecule is C[C@@H](OC1=CC(C)(Br)Cc2ncccc21)[C@H]1CNC(=O)C1. The van der Waals surface area contributed by atoms with Crippen molar-refractivity contribution in [3.05, 3.63) is 35.7 Å². The molecule has 1 aliphatic carbocycles. The first kappa shape index (κ1) is 14.6. The number of alkyl halides is 1. The molecule has 1 unspecified atom stereocenters. The Kier molecular flexibility index (Phi) is 3.78. The van der Waals surface area contributed by atoms with E-state index in [1.807, 2.05) is 25.3 Å². The van der Waals surface area contributed by atoms with Gasteiger partial charge in [-0.3, -0.25) is 9.78 Å². The lowest BCUT2D eigenvalue weighted by Crippen LogP contribution is -2.27. The lowest BCUT2D eigenvalue weighted by molar-refractivity contribution is -0.119. The van der Waals surface area contributed by atoms with Gasteiger partial charge in [0.25, 0.3) is 0 Å². The van der Waals surface area contributed by atoms with Crippen LogP contribution in [0.3, 0.4) is 0 Å². The van der Waals surface area contributed by atoms with E-state index in [0.717, 1.165) is 23.4 Å². The molecule has 1 saturated heterocycles. The van der Waals surface area contributed by atoms with Gasteiger partial charge in [0.05, 0.1) is 10.0 Å². The van der Waals surface area contributed by atoms with Gasteiger partial charge in [0.2, 0.25) is 5.91 Å². The normalized spacial score (nSPS) is 29.4. The number of halogens is 1. The molecule has 1 fully saturated rings. The Morgan fingerprint density at radius 2 is 2.38 bits per heavy atom. The average molecular weight is 351 g/mol. The van der Waals surface area contributed by atoms with Crippen molar-refractivity contribution in [3.8, 4) is 0 Å². The number of allylic oxidation sites excluding steroid dienone is 1. The summed E-state index contributed by atoms with van der Waals surface area (Å²) in [6.45, 7) is 4.83. The Morgan fingerprint density at radius 3 is 3.10 bits per heavy atom. The van der Waals surface area contributed by atoms with E-state index < -0.39 is 0 Å². The van der Waals surface area contributed by atoms with Crippen molar-refractivity contribution in [3.63, 3.8) is 0 Å². The van der Waals surface area contributed by atoms with Gasteiger partial charge < -0.3 is 10.1 Å². The Morgan fingerprint density at radius 1 is 1.57 bits per heavy atom. The summed E-state index contributed by atoms with van der Waals surface area (Å²) >= 11 is 3.72. The molecule has 0 radical (unpaired) electrons. The van der Waals surface area contributed by atoms with E-state index in [9.17, 15) is 4.79 Å². The number of nitrogens with zero attached hydrogens (tertiary/aromatic N) is 1. The van der Waals surface area contributed by atoms with Gasteiger partial charge in [0, 0.05) is 37.1 Å². The van der Waals surface area contributed by atoms with Gasteiger partial charge in [-0.15, -0.1) is 0 Å². The van der Waals surface area contributed by atoms with Crippen LogP contribution < -0.4 is 5.32 Å². The van der Waals surface area contributed by atoms with Crippen molar-refractivity contribution in [1.29, 1.82) is 0 Å². The number of carbonyl (C=O) groups is 1. The highest BCUT2D eigenvalue weighted by Gasteiger charge is 2.32. The van der Waals surface area contributed by atoms with Crippen LogP contribution in [-0.2, 0) is 16.0 Å². The summed E-state index contributed by atoms with van der Waals surface area (Å²) in [5, 5.41) is 2.86. The molecule has 1 N–H and O–H groups in total. The Labute approximate surface area is 133 Å². The van der Waals surface area contributed by atoms with Crippen molar-refractivity contribution in [1.82, 2.24) is 10.3 Å². The first-order valence-corrected chi connectivity index (χ1v) is 8.03. The number of nitrogens with one attached hydrogen (secondary N) is 1. The van der Waals surface area contributed by atoms with Crippen LogP contribution in [-0.4, -0.2) is 27.9 Å². The fraction of sp³-hybridized carbons (Fsp3) is 0.500. The third-order valence-electron chi connectivity index (χ3n) is 4.09. The minimum atomic E-state index is -0.146. The standard InChI is InChI=1S/C16H19BrN2O2/c1-10(11-6-15(20)19-9-11)21-14-8-16(2,17)7-13-12(14)4-3-5-18-13/h3-5,8,10-11H,6-7,9H2,1-2H3,(H,19,20)/t10-,11-,16?/m1/s1. The summed E-state index contributed by atoms with van der Waals surface area (Å²) in [6, 6.07) is 3.97. The van der Waals surface area contributed by atoms with E-state index in [1.54, 1.807) is 0 Å². The zero-order valence-corrected chi connectivity index (χ0v) is 13.8. The second kappa shape index (κ2) is 5.44. The maximum Gasteiger partial charge on any atom is 0.220 e. The molecule has 2 heterocycles. The number of carbonyl (C=O) groups excluding carboxylic acids is 1. The predicted molar refractivity (Wildman–Crippen MR) is 84.9 cm³/mol. The number of aromatic nitrogens is 1. The van der Waals surface area contributed by atoms with E-state index in [2.05, 4.69) is 39.2 Å². The topological polar surface area (TPSA) is 51.2 Å². The van der Waals surface area contributed by atoms with Gasteiger partial charge in [-0.25, -0.2) is 0 Å². The fourth-order valence-electron chi connectivity index (χ4n) is 2.89. The van der Waals surface area contributed by atoms with Crippen LogP contribution >= 0.6 is 15.9 Å². The summed E-state index contributed by atoms with van der Waals surface area (Å²) in [7, 11) is 0. The van der Waals surface area contributed by atoms with E-state index in [-0.39, 0.29) is 22.3 Å². The van der Waals surface area contributed by atoms with Crippen molar-refractivity contribution in [2.24, 2.45) is 5.92 Å². The summed E-state index contributed by atoms with van der Waals surface area (Å²) < 4.78 is 6.04. The second-order valence-electron chi connectivity index (χ2n) is 6.05. The number of hydrogen-bond acceptors (Lipinski definition) is 3. The quantitative estimate of drug-likeness (QED) is 0.852. The maximum atomic E-state index is 11.4. The zero-order valence-electron chi connectivity index (χ0n) is 12.2. The molecule has 3 atom stereocenters. The Hall–Kier alpha value is -1.36. The molecule has 3 rings (SSSR count). The van der Waals surface area contributed by atoms with Crippen LogP contribution in [0.15, 0.2) is 24.4 Å². The molecule has 1 aromatic rings. The maximum absolute atomic E-state index is 11.4. The minimum Gasteiger partial charge on any atom is -0.490 e. The van der Waals surface area contributed by atoms with Crippen LogP contribution in [0.2, 0.25) is 0 Å². The number of amides is 1. The second-order valence-corrected chi connectivity index (χ2v) is 7.86. The highest BCUT2D eigenvalue weighted by atomic mass is 79.9. The molecule has 0 saturated carbocycles. The molecular weight excluding hydrogens is 332 g/mol. The molecule has 2 aliphatic rings. The van der Waals surface area contributed by atoms with Crippen LogP contribution in [0.25, 0.3) is 5.76 Å². The van der Waals surface area contributed by atoms with Gasteiger partial charge in [-0.1, -0.05) is 15.9 Å². The van der Waals surface area contributed by atoms with Gasteiger partial charge in [0.15, 0.2) is 0 Å². The number of ether oxygens (including phenoxy) is 1. The molecule has 1 amide bonds. The number of pyridine rings is 1. The largest absolute Gasteiger partial charge is 0.490 e. The van der Waals surface area contributed by atoms with Crippen LogP contribution in [0.5, 0.6) is 0 Å². The third-order valence-corrected chi connectivity index (χ3v) is 4.60. The molecule has 5 heteroatoms. The smallest absolute Gasteiger partial charge is 0.220 e. The molecule has 21 heavy (non-hydrogen) atoms. The Bertz CT molecular complexity index is 598. The van der Waals surface area contributed by atoms with Gasteiger partial charge in [-0.05, 0) is 32.1 Å². The van der Waals surface area contributed by atoms with Crippen LogP contribution in [0.4, 0.5) is 0 Å². The monoisotopic (exact) mass is 350 g/mol. The molecule has 0 bridgehead atoms. The first-order chi connectivity index (χ1) is 9.94. The van der Waals surface area contributed by atoms with Crippen LogP contribution in [0, 0.1) is 5.92 Å². The predicted octanol–water partition coefficient (Wildman–Crippen LogP) is 2.67. The van der Waals surface area contributed by atoms with E-state index in [4.69, 9.17) is 4.74 Å². The van der Waals surface area contributed by atoms with Gasteiger partial charge >= 0.3 is 0 Å². The summed E-state index contributed by atoms with van der Waals surface area (Å²) in [5.74, 6) is 1.19. The van der Waals surface area contributed by atoms with E-state index >= 15 is 0 Å². The highest BCUT2D eigenvalue weighted by Crippen LogP contribution is 2.37. The first-order valence-electron chi connectivity index (χ1n) is 7.24. The summed E-state index contributed by atoms with van der Waals surface area (Å²) in [5.41, 5.74) is 2.10. The molecular formula is C16H19BrN2O2. The molecule has 4 nitrogen and oxygen atoms in total. The molecule has 1 aromatic heterocycles. The summed E-state index contributed by atoms with van der Waals surface area (Å²) in [4.78, 5) is 15.8. The van der Waals surface area contributed by atoms with Crippen molar-refractivity contribution >= 4 is 27.6 Å². The lowest BCUT2D eigenvalue weighted by Gasteiger charge is -2.30. The molecule has 0 aromatic carbocycles. The fourth-order valence-corrected chi connectivity index (χ4v) is 3.36. The van der Waals surface area contributed by atoms with E-state index in [0.29, 0.717) is 13.0 Å². The van der Waals surface area contributed by atoms with Crippen molar-refractivity contribution in [2.45, 2.75) is 37.1 Å². The lowest BCUT2D eigenvalue weighted by atomic mass is 9.93. The van der Waals surface area contributed by atoms with Crippen LogP contribution in [0.1, 0.15) is 31.5 Å². The molecule has 1 aliphatic heterocycles. The molecule has 0 spiro atoms. The number of fused-ring (bicyclic) bond motifs is 1. The average Bonchev–Trinajstić information content (AvgIpc) is 2.84. The highest BCUT2D eigenvalue weighted by molar-refractivity contribution is 9.10. The Balaban J connectivity index is 1.83.